The number of ether oxygens (including phenoxy) is 1. The fraction of sp³-hybridized carbons (Fsp3) is 0.333. The zero-order valence-electron chi connectivity index (χ0n) is 20.2. The van der Waals surface area contributed by atoms with Crippen molar-refractivity contribution in [2.75, 3.05) is 17.7 Å². The van der Waals surface area contributed by atoms with Crippen LogP contribution in [0.1, 0.15) is 64.9 Å². The van der Waals surface area contributed by atoms with Crippen LogP contribution in [0.5, 0.6) is 5.75 Å². The van der Waals surface area contributed by atoms with Crippen molar-refractivity contribution >= 4 is 40.6 Å². The number of benzene rings is 1. The van der Waals surface area contributed by atoms with Crippen LogP contribution >= 0.6 is 11.5 Å². The summed E-state index contributed by atoms with van der Waals surface area (Å²) in [6, 6.07) is 8.83. The van der Waals surface area contributed by atoms with Gasteiger partial charge in [-0.05, 0) is 63.0 Å². The van der Waals surface area contributed by atoms with E-state index in [0.29, 0.717) is 23.6 Å². The van der Waals surface area contributed by atoms with Crippen LogP contribution in [0.3, 0.4) is 0 Å². The molecular formula is C24H29N5O5S. The summed E-state index contributed by atoms with van der Waals surface area (Å²) in [6.45, 7) is 7.45. The summed E-state index contributed by atoms with van der Waals surface area (Å²) < 4.78 is 15.1. The molecule has 0 fully saturated rings. The number of methoxy groups -OCH3 is 1. The zero-order chi connectivity index (χ0) is 25.9. The van der Waals surface area contributed by atoms with Crippen LogP contribution in [-0.4, -0.2) is 34.7 Å². The van der Waals surface area contributed by atoms with E-state index in [2.05, 4.69) is 9.69 Å². The number of aryl methyl sites for hydroxylation is 1. The van der Waals surface area contributed by atoms with Gasteiger partial charge in [0.2, 0.25) is 0 Å². The third-order valence-corrected chi connectivity index (χ3v) is 6.44. The third kappa shape index (κ3) is 5.46. The number of hydrogen-bond donors (Lipinski definition) is 3. The fourth-order valence-corrected chi connectivity index (χ4v) is 4.09. The highest BCUT2D eigenvalue weighted by molar-refractivity contribution is 7.09. The van der Waals surface area contributed by atoms with Crippen LogP contribution < -0.4 is 26.4 Å². The summed E-state index contributed by atoms with van der Waals surface area (Å²) in [5.74, 6) is -0.671. The molecule has 1 atom stereocenters. The molecule has 0 aliphatic rings. The van der Waals surface area contributed by atoms with Gasteiger partial charge >= 0.3 is 0 Å². The summed E-state index contributed by atoms with van der Waals surface area (Å²) in [5.41, 5.74) is 10.9. The van der Waals surface area contributed by atoms with E-state index in [1.54, 1.807) is 43.3 Å². The highest BCUT2D eigenvalue weighted by Crippen LogP contribution is 2.35. The molecule has 3 rings (SSSR count). The van der Waals surface area contributed by atoms with Gasteiger partial charge in [-0.2, -0.15) is 4.37 Å². The Morgan fingerprint density at radius 3 is 2.51 bits per heavy atom. The van der Waals surface area contributed by atoms with E-state index in [-0.39, 0.29) is 22.0 Å². The molecule has 0 spiro atoms. The summed E-state index contributed by atoms with van der Waals surface area (Å²) >= 11 is 0.732. The van der Waals surface area contributed by atoms with Crippen molar-refractivity contribution in [3.05, 3.63) is 58.5 Å². The number of nitrogen functional groups attached to an aromatic ring is 1. The van der Waals surface area contributed by atoms with Gasteiger partial charge in [0.15, 0.2) is 11.7 Å². The molecule has 0 radical (unpaired) electrons. The first-order valence-electron chi connectivity index (χ1n) is 10.9. The highest BCUT2D eigenvalue weighted by Gasteiger charge is 2.39. The van der Waals surface area contributed by atoms with Gasteiger partial charge in [0.05, 0.1) is 12.8 Å². The molecule has 0 aliphatic carbocycles. The third-order valence-electron chi connectivity index (χ3n) is 5.59. The molecule has 2 heterocycles. The van der Waals surface area contributed by atoms with Crippen molar-refractivity contribution in [1.82, 2.24) is 9.69 Å². The predicted octanol–water partition coefficient (Wildman–Crippen LogP) is 3.43. The molecule has 1 aromatic carbocycles. The number of anilines is 2. The van der Waals surface area contributed by atoms with Crippen LogP contribution in [0, 0.1) is 6.92 Å². The van der Waals surface area contributed by atoms with Crippen molar-refractivity contribution in [1.29, 1.82) is 0 Å². The molecule has 0 saturated heterocycles. The molecule has 3 aromatic rings. The Labute approximate surface area is 207 Å². The number of rotatable bonds is 9. The number of nitrogens with one attached hydrogen (secondary N) is 1. The molecule has 0 bridgehead atoms. The summed E-state index contributed by atoms with van der Waals surface area (Å²) in [7, 11) is 1.50. The lowest BCUT2D eigenvalue weighted by Gasteiger charge is -2.33. The van der Waals surface area contributed by atoms with Crippen molar-refractivity contribution in [3.63, 3.8) is 0 Å². The van der Waals surface area contributed by atoms with Crippen molar-refractivity contribution in [2.45, 2.75) is 45.7 Å². The molecule has 0 saturated carbocycles. The lowest BCUT2D eigenvalue weighted by molar-refractivity contribution is -0.124. The van der Waals surface area contributed by atoms with E-state index in [1.807, 2.05) is 20.8 Å². The average Bonchev–Trinajstić information content (AvgIpc) is 3.41. The first-order chi connectivity index (χ1) is 16.5. The maximum absolute atomic E-state index is 14.0. The molecule has 35 heavy (non-hydrogen) atoms. The van der Waals surface area contributed by atoms with Gasteiger partial charge in [0.1, 0.15) is 22.1 Å². The maximum Gasteiger partial charge on any atom is 0.273 e. The number of primary amides is 1. The lowest BCUT2D eigenvalue weighted by Crippen LogP contribution is -2.50. The molecule has 0 aliphatic heterocycles. The van der Waals surface area contributed by atoms with Crippen molar-refractivity contribution in [2.24, 2.45) is 5.73 Å². The Hall–Kier alpha value is -3.86. The highest BCUT2D eigenvalue weighted by atomic mass is 32.1. The first kappa shape index (κ1) is 25.8. The molecule has 5 N–H and O–H groups in total. The Balaban J connectivity index is 2.23. The minimum absolute atomic E-state index is 0.0301. The van der Waals surface area contributed by atoms with E-state index in [9.17, 15) is 14.4 Å². The number of furan rings is 1. The summed E-state index contributed by atoms with van der Waals surface area (Å²) in [5, 5.41) is 3.00. The normalized spacial score (nSPS) is 12.1. The van der Waals surface area contributed by atoms with Gasteiger partial charge in [-0.3, -0.25) is 19.3 Å². The number of amides is 3. The van der Waals surface area contributed by atoms with E-state index < -0.39 is 29.3 Å². The largest absolute Gasteiger partial charge is 0.497 e. The lowest BCUT2D eigenvalue weighted by atomic mass is 10.0. The Kier molecular flexibility index (Phi) is 7.49. The van der Waals surface area contributed by atoms with E-state index >= 15 is 0 Å². The van der Waals surface area contributed by atoms with Crippen LogP contribution in [0.4, 0.5) is 11.4 Å². The van der Waals surface area contributed by atoms with Crippen molar-refractivity contribution < 1.29 is 23.5 Å². The zero-order valence-corrected chi connectivity index (χ0v) is 21.1. The number of carbonyl (C=O) groups excluding carboxylic acids is 3. The van der Waals surface area contributed by atoms with Crippen molar-refractivity contribution in [3.8, 4) is 5.75 Å². The van der Waals surface area contributed by atoms with Gasteiger partial charge < -0.3 is 25.9 Å². The molecule has 186 valence electrons. The predicted molar refractivity (Wildman–Crippen MR) is 134 cm³/mol. The number of hydrogen-bond acceptors (Lipinski definition) is 8. The topological polar surface area (TPSA) is 154 Å². The summed E-state index contributed by atoms with van der Waals surface area (Å²) in [4.78, 5) is 40.6. The maximum atomic E-state index is 14.0. The van der Waals surface area contributed by atoms with Gasteiger partial charge in [0.25, 0.3) is 17.7 Å². The Bertz CT molecular complexity index is 1250. The number of aromatic nitrogens is 1. The number of nitrogens with zero attached hydrogens (tertiary/aromatic N) is 2. The molecular weight excluding hydrogens is 470 g/mol. The Morgan fingerprint density at radius 1 is 1.26 bits per heavy atom. The second-order valence-corrected chi connectivity index (χ2v) is 9.37. The minimum atomic E-state index is -1.20. The number of nitrogens with two attached hydrogens (primary N) is 2. The van der Waals surface area contributed by atoms with Gasteiger partial charge in [-0.25, -0.2) is 0 Å². The van der Waals surface area contributed by atoms with E-state index in [0.717, 1.165) is 11.5 Å². The molecule has 1 unspecified atom stereocenters. The van der Waals surface area contributed by atoms with Crippen LogP contribution in [0.15, 0.2) is 40.8 Å². The summed E-state index contributed by atoms with van der Waals surface area (Å²) in [6.07, 6.45) is 0.652. The molecule has 2 aromatic heterocycles. The molecule has 10 nitrogen and oxygen atoms in total. The standard InChI is InChI=1S/C24H29N5O5S/c1-6-24(3,4)27-22(31)19(16-11-10-13(2)34-16)29(14-8-7-9-15(12-14)33-5)23(32)20-17(25)18(21(26)30)28-35-20/h7-12,19H,6,25H2,1-5H3,(H2,26,30)(H,27,31). The van der Waals surface area contributed by atoms with Gasteiger partial charge in [-0.15, -0.1) is 0 Å². The smallest absolute Gasteiger partial charge is 0.273 e. The Morgan fingerprint density at radius 2 is 1.97 bits per heavy atom. The van der Waals surface area contributed by atoms with E-state index in [1.165, 1.54) is 12.0 Å². The fourth-order valence-electron chi connectivity index (χ4n) is 3.35. The molecule has 3 amide bonds. The minimum Gasteiger partial charge on any atom is -0.497 e. The quantitative estimate of drug-likeness (QED) is 0.407. The molecule has 11 heteroatoms. The second-order valence-electron chi connectivity index (χ2n) is 8.59. The number of carbonyl (C=O) groups is 3. The van der Waals surface area contributed by atoms with Gasteiger partial charge in [0, 0.05) is 17.3 Å². The van der Waals surface area contributed by atoms with Gasteiger partial charge in [-0.1, -0.05) is 13.0 Å². The van der Waals surface area contributed by atoms with Crippen LogP contribution in [0.2, 0.25) is 0 Å². The average molecular weight is 500 g/mol. The van der Waals surface area contributed by atoms with E-state index in [4.69, 9.17) is 20.6 Å². The van der Waals surface area contributed by atoms with Crippen LogP contribution in [-0.2, 0) is 4.79 Å². The van der Waals surface area contributed by atoms with Crippen LogP contribution in [0.25, 0.3) is 0 Å². The monoisotopic (exact) mass is 499 g/mol. The SMILES string of the molecule is CCC(C)(C)NC(=O)C(c1ccc(C)o1)N(C(=O)c1snc(C(N)=O)c1N)c1cccc(OC)c1. The first-order valence-corrected chi connectivity index (χ1v) is 11.7. The second kappa shape index (κ2) is 10.2.